The minimum Gasteiger partial charge on any atom is -0.103 e. The topological polar surface area (TPSA) is 0 Å². The molecule has 0 fully saturated rings. The SMILES string of the molecule is C=C(C)CCC.C=CC(C)C.C=CCCC. The van der Waals surface area contributed by atoms with Gasteiger partial charge < -0.3 is 0 Å². The van der Waals surface area contributed by atoms with Gasteiger partial charge in [0.2, 0.25) is 0 Å². The van der Waals surface area contributed by atoms with E-state index in [1.807, 2.05) is 12.2 Å². The molecule has 0 bridgehead atoms. The molecule has 0 radical (unpaired) electrons. The molecule has 0 unspecified atom stereocenters. The van der Waals surface area contributed by atoms with E-state index in [1.165, 1.54) is 24.8 Å². The summed E-state index contributed by atoms with van der Waals surface area (Å²) in [5, 5.41) is 0. The largest absolute Gasteiger partial charge is 0.103 e. The first kappa shape index (κ1) is 20.6. The first-order valence-electron chi connectivity index (χ1n) is 6.33. The molecule has 16 heavy (non-hydrogen) atoms. The third-order valence-corrected chi connectivity index (χ3v) is 1.64. The Morgan fingerprint density at radius 2 is 1.56 bits per heavy atom. The molecule has 0 nitrogen and oxygen atoms in total. The summed E-state index contributed by atoms with van der Waals surface area (Å²) in [4.78, 5) is 0. The molecule has 0 aliphatic rings. The molecule has 0 atom stereocenters. The van der Waals surface area contributed by atoms with Gasteiger partial charge in [0.1, 0.15) is 0 Å². The van der Waals surface area contributed by atoms with Crippen LogP contribution in [0.5, 0.6) is 0 Å². The fourth-order valence-corrected chi connectivity index (χ4v) is 0.631. The number of hydrogen-bond acceptors (Lipinski definition) is 0. The van der Waals surface area contributed by atoms with Crippen molar-refractivity contribution in [2.45, 2.75) is 60.3 Å². The predicted octanol–water partition coefficient (Wildman–Crippen LogP) is 6.16. The quantitative estimate of drug-likeness (QED) is 0.490. The molecule has 0 heterocycles. The van der Waals surface area contributed by atoms with Gasteiger partial charge in [-0.2, -0.15) is 0 Å². The monoisotopic (exact) mass is 224 g/mol. The van der Waals surface area contributed by atoms with Gasteiger partial charge in [0.05, 0.1) is 0 Å². The van der Waals surface area contributed by atoms with E-state index in [0.29, 0.717) is 5.92 Å². The van der Waals surface area contributed by atoms with Gasteiger partial charge in [-0.05, 0) is 25.7 Å². The Balaban J connectivity index is -0.000000160. The summed E-state index contributed by atoms with van der Waals surface area (Å²) in [6.45, 7) is 21.4. The third-order valence-electron chi connectivity index (χ3n) is 1.64. The lowest BCUT2D eigenvalue weighted by Gasteiger charge is -1.87. The van der Waals surface area contributed by atoms with E-state index < -0.39 is 0 Å². The second-order valence-corrected chi connectivity index (χ2v) is 4.26. The van der Waals surface area contributed by atoms with Gasteiger partial charge in [0.15, 0.2) is 0 Å². The van der Waals surface area contributed by atoms with E-state index in [0.717, 1.165) is 6.42 Å². The summed E-state index contributed by atoms with van der Waals surface area (Å²) in [6, 6.07) is 0. The molecule has 0 amide bonds. The second kappa shape index (κ2) is 19.7. The zero-order valence-electron chi connectivity index (χ0n) is 12.2. The van der Waals surface area contributed by atoms with E-state index >= 15 is 0 Å². The summed E-state index contributed by atoms with van der Waals surface area (Å²) < 4.78 is 0. The standard InChI is InChI=1S/C6H12.2C5H10/c1-4-5-6(2)3;1-4-5(2)3;1-3-5-4-2/h2,4-5H2,1,3H3;4-5H,1H2,2-3H3;3H,1,4-5H2,2H3. The number of hydrogen-bond donors (Lipinski definition) is 0. The van der Waals surface area contributed by atoms with E-state index in [9.17, 15) is 0 Å². The molecule has 0 N–H and O–H groups in total. The molecule has 0 saturated heterocycles. The van der Waals surface area contributed by atoms with Crippen molar-refractivity contribution in [1.82, 2.24) is 0 Å². The van der Waals surface area contributed by atoms with Crippen LogP contribution in [0.3, 0.4) is 0 Å². The van der Waals surface area contributed by atoms with Crippen LogP contribution in [0, 0.1) is 5.92 Å². The molecule has 0 saturated carbocycles. The maximum Gasteiger partial charge on any atom is -0.0293 e. The van der Waals surface area contributed by atoms with Crippen LogP contribution < -0.4 is 0 Å². The molecule has 0 aromatic rings. The van der Waals surface area contributed by atoms with Gasteiger partial charge in [-0.1, -0.05) is 58.3 Å². The van der Waals surface area contributed by atoms with Gasteiger partial charge in [0.25, 0.3) is 0 Å². The summed E-state index contributed by atoms with van der Waals surface area (Å²) >= 11 is 0. The van der Waals surface area contributed by atoms with Gasteiger partial charge in [-0.25, -0.2) is 0 Å². The predicted molar refractivity (Wildman–Crippen MR) is 79.9 cm³/mol. The number of unbranched alkanes of at least 4 members (excludes halogenated alkanes) is 1. The Hall–Kier alpha value is -0.780. The van der Waals surface area contributed by atoms with Gasteiger partial charge in [-0.15, -0.1) is 19.7 Å². The molecule has 0 rings (SSSR count). The molecular weight excluding hydrogens is 192 g/mol. The van der Waals surface area contributed by atoms with Crippen molar-refractivity contribution in [3.05, 3.63) is 37.5 Å². The van der Waals surface area contributed by atoms with Crippen molar-refractivity contribution < 1.29 is 0 Å². The molecule has 0 aromatic heterocycles. The summed E-state index contributed by atoms with van der Waals surface area (Å²) in [5.74, 6) is 0.648. The highest BCUT2D eigenvalue weighted by Gasteiger charge is 1.76. The average molecular weight is 224 g/mol. The molecular formula is C16H32. The fraction of sp³-hybridized carbons (Fsp3) is 0.625. The van der Waals surface area contributed by atoms with E-state index in [4.69, 9.17) is 0 Å². The van der Waals surface area contributed by atoms with Crippen molar-refractivity contribution >= 4 is 0 Å². The van der Waals surface area contributed by atoms with Gasteiger partial charge in [0, 0.05) is 0 Å². The lowest BCUT2D eigenvalue weighted by Crippen LogP contribution is -1.71. The number of allylic oxidation sites excluding steroid dienone is 3. The molecule has 0 heteroatoms. The highest BCUT2D eigenvalue weighted by molar-refractivity contribution is 4.86. The van der Waals surface area contributed by atoms with Crippen LogP contribution in [-0.4, -0.2) is 0 Å². The summed E-state index contributed by atoms with van der Waals surface area (Å²) in [5.41, 5.74) is 1.29. The van der Waals surface area contributed by atoms with Crippen LogP contribution in [-0.2, 0) is 0 Å². The Morgan fingerprint density at radius 1 is 1.12 bits per heavy atom. The van der Waals surface area contributed by atoms with Crippen molar-refractivity contribution in [2.24, 2.45) is 5.92 Å². The zero-order valence-corrected chi connectivity index (χ0v) is 12.2. The van der Waals surface area contributed by atoms with Crippen LogP contribution in [0.2, 0.25) is 0 Å². The average Bonchev–Trinajstić information content (AvgIpc) is 2.20. The zero-order chi connectivity index (χ0) is 13.4. The molecule has 0 aromatic carbocycles. The Bertz CT molecular complexity index is 151. The van der Waals surface area contributed by atoms with Crippen molar-refractivity contribution in [3.8, 4) is 0 Å². The fourth-order valence-electron chi connectivity index (χ4n) is 0.631. The Labute approximate surface area is 104 Å². The summed E-state index contributed by atoms with van der Waals surface area (Å²) in [7, 11) is 0. The minimum absolute atomic E-state index is 0.648. The lowest BCUT2D eigenvalue weighted by molar-refractivity contribution is 0.835. The van der Waals surface area contributed by atoms with Gasteiger partial charge in [-0.3, -0.25) is 0 Å². The minimum atomic E-state index is 0.648. The highest BCUT2D eigenvalue weighted by atomic mass is 13.8. The van der Waals surface area contributed by atoms with Crippen LogP contribution in [0.25, 0.3) is 0 Å². The maximum absolute atomic E-state index is 3.74. The molecule has 0 aliphatic carbocycles. The Morgan fingerprint density at radius 3 is 1.56 bits per heavy atom. The second-order valence-electron chi connectivity index (χ2n) is 4.26. The molecule has 0 spiro atoms. The molecule has 0 aliphatic heterocycles. The summed E-state index contributed by atoms with van der Waals surface area (Å²) in [6.07, 6.45) is 8.64. The van der Waals surface area contributed by atoms with Crippen molar-refractivity contribution in [3.63, 3.8) is 0 Å². The maximum atomic E-state index is 3.74. The lowest BCUT2D eigenvalue weighted by atomic mass is 10.2. The van der Waals surface area contributed by atoms with Crippen LogP contribution >= 0.6 is 0 Å². The first-order valence-corrected chi connectivity index (χ1v) is 6.33. The van der Waals surface area contributed by atoms with Crippen LogP contribution in [0.1, 0.15) is 60.3 Å². The normalized spacial score (nSPS) is 8.12. The highest BCUT2D eigenvalue weighted by Crippen LogP contribution is 1.96. The van der Waals surface area contributed by atoms with Crippen LogP contribution in [0.4, 0.5) is 0 Å². The van der Waals surface area contributed by atoms with Crippen molar-refractivity contribution in [2.75, 3.05) is 0 Å². The third kappa shape index (κ3) is 51.0. The van der Waals surface area contributed by atoms with E-state index in [-0.39, 0.29) is 0 Å². The smallest absolute Gasteiger partial charge is 0.0293 e. The molecule has 96 valence electrons. The van der Waals surface area contributed by atoms with E-state index in [2.05, 4.69) is 54.4 Å². The van der Waals surface area contributed by atoms with Crippen LogP contribution in [0.15, 0.2) is 37.5 Å². The van der Waals surface area contributed by atoms with Crippen molar-refractivity contribution in [1.29, 1.82) is 0 Å². The first-order chi connectivity index (χ1) is 7.45. The Kier molecular flexibility index (Phi) is 25.4. The number of rotatable bonds is 5. The van der Waals surface area contributed by atoms with Gasteiger partial charge >= 0.3 is 0 Å². The van der Waals surface area contributed by atoms with E-state index in [1.54, 1.807) is 0 Å².